The Balaban J connectivity index is 2.06. The first-order valence-electron chi connectivity index (χ1n) is 6.66. The number of thiazole rings is 1. The number of aryl methyl sites for hydroxylation is 1. The molecule has 1 N–H and O–H groups in total. The standard InChI is InChI=1S/C15H18ClFN2S/c1-4-12-8-18-15(20-12)10(3)19-9(2)11-5-6-14(17)13(16)7-11/h5-10,19H,4H2,1-3H3. The molecule has 5 heteroatoms. The lowest BCUT2D eigenvalue weighted by molar-refractivity contribution is 0.492. The lowest BCUT2D eigenvalue weighted by atomic mass is 10.1. The van der Waals surface area contributed by atoms with Gasteiger partial charge >= 0.3 is 0 Å². The van der Waals surface area contributed by atoms with E-state index in [0.29, 0.717) is 0 Å². The van der Waals surface area contributed by atoms with Crippen LogP contribution in [-0.2, 0) is 6.42 Å². The third kappa shape index (κ3) is 3.57. The third-order valence-corrected chi connectivity index (χ3v) is 4.85. The van der Waals surface area contributed by atoms with E-state index in [9.17, 15) is 4.39 Å². The van der Waals surface area contributed by atoms with E-state index in [4.69, 9.17) is 11.6 Å². The minimum absolute atomic E-state index is 0.0806. The summed E-state index contributed by atoms with van der Waals surface area (Å²) < 4.78 is 13.2. The Kier molecular flexibility index (Phi) is 5.13. The molecule has 1 aromatic heterocycles. The van der Waals surface area contributed by atoms with Crippen molar-refractivity contribution in [1.29, 1.82) is 0 Å². The van der Waals surface area contributed by atoms with Gasteiger partial charge in [0.1, 0.15) is 10.8 Å². The summed E-state index contributed by atoms with van der Waals surface area (Å²) in [5, 5.41) is 4.69. The van der Waals surface area contributed by atoms with Gasteiger partial charge in [-0.3, -0.25) is 0 Å². The molecule has 2 rings (SSSR count). The fourth-order valence-electron chi connectivity index (χ4n) is 2.01. The summed E-state index contributed by atoms with van der Waals surface area (Å²) in [6.07, 6.45) is 2.94. The van der Waals surface area contributed by atoms with Crippen LogP contribution in [0.3, 0.4) is 0 Å². The zero-order valence-corrected chi connectivity index (χ0v) is 13.4. The van der Waals surface area contributed by atoms with E-state index in [1.165, 1.54) is 10.9 Å². The van der Waals surface area contributed by atoms with E-state index in [1.54, 1.807) is 23.5 Å². The molecule has 2 atom stereocenters. The summed E-state index contributed by atoms with van der Waals surface area (Å²) in [7, 11) is 0. The van der Waals surface area contributed by atoms with Gasteiger partial charge in [-0.1, -0.05) is 24.6 Å². The second-order valence-electron chi connectivity index (χ2n) is 4.80. The first kappa shape index (κ1) is 15.4. The Morgan fingerprint density at radius 3 is 2.70 bits per heavy atom. The molecule has 0 amide bonds. The molecule has 0 aliphatic heterocycles. The molecule has 0 aliphatic rings. The summed E-state index contributed by atoms with van der Waals surface area (Å²) in [4.78, 5) is 5.72. The van der Waals surface area contributed by atoms with Crippen LogP contribution in [-0.4, -0.2) is 4.98 Å². The Bertz CT molecular complexity index is 585. The van der Waals surface area contributed by atoms with E-state index in [2.05, 4.69) is 24.1 Å². The van der Waals surface area contributed by atoms with E-state index >= 15 is 0 Å². The average Bonchev–Trinajstić information content (AvgIpc) is 2.90. The van der Waals surface area contributed by atoms with Crippen molar-refractivity contribution in [2.75, 3.05) is 0 Å². The summed E-state index contributed by atoms with van der Waals surface area (Å²) in [5.41, 5.74) is 0.968. The van der Waals surface area contributed by atoms with Crippen LogP contribution in [0.25, 0.3) is 0 Å². The Hall–Kier alpha value is -0.970. The molecule has 1 heterocycles. The predicted octanol–water partition coefficient (Wildman–Crippen LogP) is 4.91. The maximum atomic E-state index is 13.2. The van der Waals surface area contributed by atoms with E-state index in [-0.39, 0.29) is 22.9 Å². The highest BCUT2D eigenvalue weighted by Crippen LogP contribution is 2.25. The Morgan fingerprint density at radius 1 is 1.35 bits per heavy atom. The number of halogens is 2. The lowest BCUT2D eigenvalue weighted by Gasteiger charge is -2.19. The zero-order chi connectivity index (χ0) is 14.7. The van der Waals surface area contributed by atoms with E-state index in [1.807, 2.05) is 13.1 Å². The van der Waals surface area contributed by atoms with Gasteiger partial charge in [0.25, 0.3) is 0 Å². The molecule has 0 aliphatic carbocycles. The molecule has 2 nitrogen and oxygen atoms in total. The summed E-state index contributed by atoms with van der Waals surface area (Å²) in [5.74, 6) is -0.386. The summed E-state index contributed by atoms with van der Waals surface area (Å²) in [6, 6.07) is 5.06. The Morgan fingerprint density at radius 2 is 2.10 bits per heavy atom. The van der Waals surface area contributed by atoms with Gasteiger partial charge in [-0.05, 0) is 38.0 Å². The fourth-order valence-corrected chi connectivity index (χ4v) is 3.07. The number of nitrogens with zero attached hydrogens (tertiary/aromatic N) is 1. The number of nitrogens with one attached hydrogen (secondary N) is 1. The Labute approximate surface area is 128 Å². The van der Waals surface area contributed by atoms with Crippen LogP contribution < -0.4 is 5.32 Å². The van der Waals surface area contributed by atoms with Crippen LogP contribution in [0.1, 0.15) is 48.3 Å². The smallest absolute Gasteiger partial charge is 0.141 e. The van der Waals surface area contributed by atoms with Crippen LogP contribution in [0.4, 0.5) is 4.39 Å². The van der Waals surface area contributed by atoms with Gasteiger partial charge in [-0.25, -0.2) is 9.37 Å². The molecule has 0 saturated heterocycles. The van der Waals surface area contributed by atoms with Crippen LogP contribution >= 0.6 is 22.9 Å². The van der Waals surface area contributed by atoms with Crippen LogP contribution in [0.2, 0.25) is 5.02 Å². The second kappa shape index (κ2) is 6.66. The molecule has 2 unspecified atom stereocenters. The minimum atomic E-state index is -0.386. The van der Waals surface area contributed by atoms with Gasteiger partial charge in [0.15, 0.2) is 0 Å². The van der Waals surface area contributed by atoms with E-state index in [0.717, 1.165) is 17.0 Å². The predicted molar refractivity (Wildman–Crippen MR) is 82.9 cm³/mol. The topological polar surface area (TPSA) is 24.9 Å². The van der Waals surface area contributed by atoms with Gasteiger partial charge in [0.05, 0.1) is 11.1 Å². The van der Waals surface area contributed by atoms with Gasteiger partial charge < -0.3 is 5.32 Å². The molecular formula is C15H18ClFN2S. The molecule has 2 aromatic rings. The van der Waals surface area contributed by atoms with Crippen molar-refractivity contribution in [3.8, 4) is 0 Å². The largest absolute Gasteiger partial charge is 0.302 e. The highest BCUT2D eigenvalue weighted by molar-refractivity contribution is 7.11. The van der Waals surface area contributed by atoms with Crippen molar-refractivity contribution in [1.82, 2.24) is 10.3 Å². The molecule has 0 radical (unpaired) electrons. The van der Waals surface area contributed by atoms with E-state index < -0.39 is 0 Å². The van der Waals surface area contributed by atoms with Gasteiger partial charge in [-0.15, -0.1) is 11.3 Å². The number of aromatic nitrogens is 1. The third-order valence-electron chi connectivity index (χ3n) is 3.23. The van der Waals surface area contributed by atoms with Crippen LogP contribution in [0.15, 0.2) is 24.4 Å². The normalized spacial score (nSPS) is 14.2. The SMILES string of the molecule is CCc1cnc(C(C)NC(C)c2ccc(F)c(Cl)c2)s1. The second-order valence-corrected chi connectivity index (χ2v) is 6.36. The first-order valence-corrected chi connectivity index (χ1v) is 7.86. The lowest BCUT2D eigenvalue weighted by Crippen LogP contribution is -2.22. The molecule has 20 heavy (non-hydrogen) atoms. The van der Waals surface area contributed by atoms with Crippen molar-refractivity contribution in [3.05, 3.63) is 50.7 Å². The highest BCUT2D eigenvalue weighted by atomic mass is 35.5. The molecule has 0 saturated carbocycles. The van der Waals surface area contributed by atoms with Crippen LogP contribution in [0, 0.1) is 5.82 Å². The first-order chi connectivity index (χ1) is 9.51. The summed E-state index contributed by atoms with van der Waals surface area (Å²) in [6.45, 7) is 6.24. The van der Waals surface area contributed by atoms with Crippen molar-refractivity contribution in [3.63, 3.8) is 0 Å². The average molecular weight is 313 g/mol. The number of hydrogen-bond donors (Lipinski definition) is 1. The van der Waals surface area contributed by atoms with Crippen molar-refractivity contribution >= 4 is 22.9 Å². The van der Waals surface area contributed by atoms with Gasteiger partial charge in [-0.2, -0.15) is 0 Å². The zero-order valence-electron chi connectivity index (χ0n) is 11.8. The van der Waals surface area contributed by atoms with Gasteiger partial charge in [0.2, 0.25) is 0 Å². The van der Waals surface area contributed by atoms with Crippen LogP contribution in [0.5, 0.6) is 0 Å². The molecule has 0 fully saturated rings. The fraction of sp³-hybridized carbons (Fsp3) is 0.400. The summed E-state index contributed by atoms with van der Waals surface area (Å²) >= 11 is 7.54. The van der Waals surface area contributed by atoms with Gasteiger partial charge in [0, 0.05) is 17.1 Å². The maximum absolute atomic E-state index is 13.2. The molecule has 0 spiro atoms. The molecule has 1 aromatic carbocycles. The minimum Gasteiger partial charge on any atom is -0.302 e. The number of hydrogen-bond acceptors (Lipinski definition) is 3. The number of rotatable bonds is 5. The molecule has 108 valence electrons. The number of benzene rings is 1. The van der Waals surface area contributed by atoms with Crippen molar-refractivity contribution < 1.29 is 4.39 Å². The molecule has 0 bridgehead atoms. The monoisotopic (exact) mass is 312 g/mol. The van der Waals surface area contributed by atoms with Crippen molar-refractivity contribution in [2.24, 2.45) is 0 Å². The quantitative estimate of drug-likeness (QED) is 0.848. The maximum Gasteiger partial charge on any atom is 0.141 e. The molecular weight excluding hydrogens is 295 g/mol. The highest BCUT2D eigenvalue weighted by Gasteiger charge is 2.15. The van der Waals surface area contributed by atoms with Crippen molar-refractivity contribution in [2.45, 2.75) is 39.3 Å².